The van der Waals surface area contributed by atoms with Crippen molar-refractivity contribution in [2.24, 2.45) is 5.92 Å². The summed E-state index contributed by atoms with van der Waals surface area (Å²) in [7, 11) is 0. The third-order valence-electron chi connectivity index (χ3n) is 3.06. The van der Waals surface area contributed by atoms with E-state index in [0.717, 1.165) is 18.6 Å². The Bertz CT molecular complexity index is 545. The number of nitrogen functional groups attached to an aromatic ring is 1. The molecule has 1 aromatic heterocycles. The molecule has 0 radical (unpaired) electrons. The molecule has 0 aliphatic carbocycles. The summed E-state index contributed by atoms with van der Waals surface area (Å²) in [4.78, 5) is 15.2. The van der Waals surface area contributed by atoms with Crippen LogP contribution < -0.4 is 10.5 Å². The maximum Gasteiger partial charge on any atom is 0.238 e. The number of hydrogen-bond donors (Lipinski definition) is 1. The number of unbranched alkanes of at least 4 members (excludes halogenated alkanes) is 2. The van der Waals surface area contributed by atoms with Crippen molar-refractivity contribution in [2.75, 3.05) is 18.1 Å². The predicted octanol–water partition coefficient (Wildman–Crippen LogP) is 4.96. The van der Waals surface area contributed by atoms with Crippen molar-refractivity contribution in [2.45, 2.75) is 39.5 Å². The molecule has 0 amide bonds. The number of halogens is 3. The average Bonchev–Trinajstić information content (AvgIpc) is 2.50. The summed E-state index contributed by atoms with van der Waals surface area (Å²) >= 11 is 12.6. The van der Waals surface area contributed by atoms with Gasteiger partial charge in [-0.3, -0.25) is 4.79 Å². The summed E-state index contributed by atoms with van der Waals surface area (Å²) in [5.74, 6) is 0.242. The molecule has 0 fully saturated rings. The molecule has 2 N–H and O–H groups in total. The summed E-state index contributed by atoms with van der Waals surface area (Å²) < 4.78 is 18.5. The first-order valence-corrected chi connectivity index (χ1v) is 9.15. The quantitative estimate of drug-likeness (QED) is 0.482. The van der Waals surface area contributed by atoms with Crippen molar-refractivity contribution in [3.63, 3.8) is 0 Å². The zero-order valence-electron chi connectivity index (χ0n) is 13.2. The molecule has 0 aliphatic heterocycles. The fourth-order valence-electron chi connectivity index (χ4n) is 1.79. The minimum atomic E-state index is -0.978. The van der Waals surface area contributed by atoms with Gasteiger partial charge in [0, 0.05) is 5.75 Å². The van der Waals surface area contributed by atoms with Crippen LogP contribution in [0.3, 0.4) is 0 Å². The molecular weight excluding hydrogens is 362 g/mol. The molecule has 0 bridgehead atoms. The molecule has 23 heavy (non-hydrogen) atoms. The fraction of sp³-hybridized carbons (Fsp3) is 0.600. The SMILES string of the molecule is CC(C)CCCCCSC(=O)COc1nc(F)c(Cl)c(N)c1Cl. The number of nitrogens with zero attached hydrogens (tertiary/aromatic N) is 1. The minimum Gasteiger partial charge on any atom is -0.467 e. The number of aromatic nitrogens is 1. The van der Waals surface area contributed by atoms with Crippen LogP contribution in [0.4, 0.5) is 10.1 Å². The van der Waals surface area contributed by atoms with Gasteiger partial charge >= 0.3 is 0 Å². The van der Waals surface area contributed by atoms with Gasteiger partial charge in [-0.25, -0.2) is 0 Å². The van der Waals surface area contributed by atoms with Crippen molar-refractivity contribution in [3.8, 4) is 5.88 Å². The first-order chi connectivity index (χ1) is 10.8. The van der Waals surface area contributed by atoms with Gasteiger partial charge in [0.05, 0.1) is 5.69 Å². The number of nitrogens with two attached hydrogens (primary N) is 1. The van der Waals surface area contributed by atoms with E-state index in [0.29, 0.717) is 5.92 Å². The van der Waals surface area contributed by atoms with Gasteiger partial charge in [-0.05, 0) is 12.3 Å². The average molecular weight is 383 g/mol. The van der Waals surface area contributed by atoms with E-state index in [1.54, 1.807) is 0 Å². The Labute approximate surface area is 150 Å². The van der Waals surface area contributed by atoms with Gasteiger partial charge in [-0.2, -0.15) is 9.37 Å². The molecule has 0 aliphatic rings. The summed E-state index contributed by atoms with van der Waals surface area (Å²) in [6.45, 7) is 4.14. The zero-order chi connectivity index (χ0) is 17.4. The normalized spacial score (nSPS) is 11.0. The topological polar surface area (TPSA) is 65.2 Å². The van der Waals surface area contributed by atoms with Crippen LogP contribution in [0.15, 0.2) is 0 Å². The Morgan fingerprint density at radius 3 is 2.65 bits per heavy atom. The Balaban J connectivity index is 2.32. The van der Waals surface area contributed by atoms with E-state index < -0.39 is 5.95 Å². The smallest absolute Gasteiger partial charge is 0.238 e. The zero-order valence-corrected chi connectivity index (χ0v) is 15.5. The Morgan fingerprint density at radius 1 is 1.30 bits per heavy atom. The lowest BCUT2D eigenvalue weighted by Gasteiger charge is -2.09. The van der Waals surface area contributed by atoms with Crippen LogP contribution in [-0.4, -0.2) is 22.5 Å². The number of rotatable bonds is 9. The second-order valence-electron chi connectivity index (χ2n) is 5.50. The highest BCUT2D eigenvalue weighted by Crippen LogP contribution is 2.35. The Morgan fingerprint density at radius 2 is 2.00 bits per heavy atom. The third kappa shape index (κ3) is 7.14. The van der Waals surface area contributed by atoms with Gasteiger partial charge in [0.2, 0.25) is 16.9 Å². The minimum absolute atomic E-state index is 0.0946. The molecule has 1 aromatic rings. The molecule has 1 heterocycles. The highest BCUT2D eigenvalue weighted by Gasteiger charge is 2.17. The van der Waals surface area contributed by atoms with Crippen molar-refractivity contribution < 1.29 is 13.9 Å². The Hall–Kier alpha value is -0.720. The fourth-order valence-corrected chi connectivity index (χ4v) is 2.89. The predicted molar refractivity (Wildman–Crippen MR) is 94.9 cm³/mol. The number of pyridine rings is 1. The van der Waals surface area contributed by atoms with Crippen molar-refractivity contribution in [3.05, 3.63) is 16.0 Å². The van der Waals surface area contributed by atoms with Gasteiger partial charge in [-0.1, -0.05) is 68.1 Å². The van der Waals surface area contributed by atoms with Gasteiger partial charge in [-0.15, -0.1) is 0 Å². The van der Waals surface area contributed by atoms with E-state index in [1.165, 1.54) is 24.6 Å². The highest BCUT2D eigenvalue weighted by molar-refractivity contribution is 8.13. The number of carbonyl (C=O) groups excluding carboxylic acids is 1. The summed E-state index contributed by atoms with van der Waals surface area (Å²) in [6, 6.07) is 0. The molecule has 0 spiro atoms. The molecule has 0 unspecified atom stereocenters. The second-order valence-corrected chi connectivity index (χ2v) is 7.41. The highest BCUT2D eigenvalue weighted by atomic mass is 35.5. The lowest BCUT2D eigenvalue weighted by atomic mass is 10.1. The van der Waals surface area contributed by atoms with Gasteiger partial charge in [0.25, 0.3) is 0 Å². The molecule has 0 atom stereocenters. The van der Waals surface area contributed by atoms with Crippen LogP contribution in [0.1, 0.15) is 39.5 Å². The Kier molecular flexibility index (Phi) is 9.02. The first-order valence-electron chi connectivity index (χ1n) is 7.41. The van der Waals surface area contributed by atoms with Crippen molar-refractivity contribution >= 4 is 45.8 Å². The number of hydrogen-bond acceptors (Lipinski definition) is 5. The van der Waals surface area contributed by atoms with Crippen LogP contribution >= 0.6 is 35.0 Å². The molecule has 1 rings (SSSR count). The van der Waals surface area contributed by atoms with Crippen LogP contribution in [0.2, 0.25) is 10.0 Å². The molecule has 0 saturated carbocycles. The number of carbonyl (C=O) groups is 1. The van der Waals surface area contributed by atoms with Crippen molar-refractivity contribution in [1.29, 1.82) is 0 Å². The summed E-state index contributed by atoms with van der Waals surface area (Å²) in [6.07, 6.45) is 4.46. The number of thioether (sulfide) groups is 1. The lowest BCUT2D eigenvalue weighted by molar-refractivity contribution is -0.112. The van der Waals surface area contributed by atoms with E-state index in [2.05, 4.69) is 18.8 Å². The monoisotopic (exact) mass is 382 g/mol. The molecule has 0 saturated heterocycles. The second kappa shape index (κ2) is 10.2. The van der Waals surface area contributed by atoms with E-state index in [-0.39, 0.29) is 33.3 Å². The number of ether oxygens (including phenoxy) is 1. The molecular formula is C15H21Cl2FN2O2S. The van der Waals surface area contributed by atoms with Crippen molar-refractivity contribution in [1.82, 2.24) is 4.98 Å². The third-order valence-corrected chi connectivity index (χ3v) is 4.71. The van der Waals surface area contributed by atoms with Crippen LogP contribution in [-0.2, 0) is 4.79 Å². The largest absolute Gasteiger partial charge is 0.467 e. The summed E-state index contributed by atoms with van der Waals surface area (Å²) in [5, 5.41) is -0.618. The molecule has 8 heteroatoms. The van der Waals surface area contributed by atoms with Crippen LogP contribution in [0.25, 0.3) is 0 Å². The summed E-state index contributed by atoms with van der Waals surface area (Å²) in [5.41, 5.74) is 5.37. The van der Waals surface area contributed by atoms with E-state index >= 15 is 0 Å². The van der Waals surface area contributed by atoms with Crippen LogP contribution in [0.5, 0.6) is 5.88 Å². The standard InChI is InChI=1S/C15H21Cl2FN2O2S/c1-9(2)6-4-3-5-7-23-10(21)8-22-15-12(17)13(19)11(16)14(18)20-15/h9H,3-8H2,1-2H3,(H2,19,20). The number of anilines is 1. The first kappa shape index (κ1) is 20.3. The lowest BCUT2D eigenvalue weighted by Crippen LogP contribution is -2.10. The van der Waals surface area contributed by atoms with Gasteiger partial charge in [0.15, 0.2) is 6.61 Å². The van der Waals surface area contributed by atoms with Gasteiger partial charge < -0.3 is 10.5 Å². The van der Waals surface area contributed by atoms with Crippen LogP contribution in [0, 0.1) is 11.9 Å². The molecule has 4 nitrogen and oxygen atoms in total. The van der Waals surface area contributed by atoms with E-state index in [1.807, 2.05) is 0 Å². The maximum atomic E-state index is 13.4. The molecule has 0 aromatic carbocycles. The van der Waals surface area contributed by atoms with E-state index in [4.69, 9.17) is 33.7 Å². The van der Waals surface area contributed by atoms with Gasteiger partial charge in [0.1, 0.15) is 10.0 Å². The van der Waals surface area contributed by atoms with E-state index in [9.17, 15) is 9.18 Å². The molecule has 130 valence electrons. The maximum absolute atomic E-state index is 13.4.